The van der Waals surface area contributed by atoms with Gasteiger partial charge >= 0.3 is 12.2 Å². The molecular formula is C32H48N4O9. The molecule has 0 aliphatic carbocycles. The van der Waals surface area contributed by atoms with Crippen LogP contribution in [0.1, 0.15) is 61.3 Å². The van der Waals surface area contributed by atoms with Gasteiger partial charge in [0.05, 0.1) is 18.0 Å². The lowest BCUT2D eigenvalue weighted by Crippen LogP contribution is -2.36. The molecule has 2 unspecified atom stereocenters. The maximum absolute atomic E-state index is 12.0. The first-order chi connectivity index (χ1) is 21.0. The first-order valence-corrected chi connectivity index (χ1v) is 15.0. The van der Waals surface area contributed by atoms with Crippen molar-refractivity contribution in [1.82, 2.24) is 9.80 Å². The van der Waals surface area contributed by atoms with Crippen molar-refractivity contribution in [2.24, 2.45) is 0 Å². The molecule has 0 radical (unpaired) electrons. The van der Waals surface area contributed by atoms with Crippen molar-refractivity contribution < 1.29 is 38.6 Å². The summed E-state index contributed by atoms with van der Waals surface area (Å²) in [5.41, 5.74) is 5.38. The van der Waals surface area contributed by atoms with Gasteiger partial charge in [-0.25, -0.2) is 9.59 Å². The number of nitrogens with zero attached hydrogens (tertiary/aromatic N) is 3. The molecule has 2 aromatic carbocycles. The van der Waals surface area contributed by atoms with Gasteiger partial charge in [0.25, 0.3) is 5.69 Å². The quantitative estimate of drug-likeness (QED) is 0.239. The molecule has 250 valence electrons. The lowest BCUT2D eigenvalue weighted by atomic mass is 10.2. The maximum Gasteiger partial charge on any atom is 0.410 e. The van der Waals surface area contributed by atoms with Crippen molar-refractivity contribution in [3.05, 3.63) is 58.6 Å². The van der Waals surface area contributed by atoms with Gasteiger partial charge in [-0.15, -0.1) is 0 Å². The van der Waals surface area contributed by atoms with Gasteiger partial charge in [-0.1, -0.05) is 0 Å². The van der Waals surface area contributed by atoms with E-state index in [1.54, 1.807) is 41.0 Å². The van der Waals surface area contributed by atoms with Gasteiger partial charge in [-0.3, -0.25) is 10.1 Å². The summed E-state index contributed by atoms with van der Waals surface area (Å²) in [6, 6.07) is 13.2. The first-order valence-electron chi connectivity index (χ1n) is 15.0. The number of likely N-dealkylation sites (tertiary alicyclic amines) is 2. The second kappa shape index (κ2) is 16.7. The summed E-state index contributed by atoms with van der Waals surface area (Å²) in [7, 11) is 0. The van der Waals surface area contributed by atoms with Gasteiger partial charge < -0.3 is 39.6 Å². The number of rotatable bonds is 5. The molecule has 3 N–H and O–H groups in total. The number of aliphatic hydroxyl groups excluding tert-OH is 1. The molecule has 45 heavy (non-hydrogen) atoms. The molecule has 4 rings (SSSR count). The van der Waals surface area contributed by atoms with Crippen LogP contribution in [0.3, 0.4) is 0 Å². The van der Waals surface area contributed by atoms with Gasteiger partial charge in [-0.05, 0) is 84.9 Å². The van der Waals surface area contributed by atoms with Gasteiger partial charge in [0, 0.05) is 50.4 Å². The van der Waals surface area contributed by atoms with Gasteiger partial charge in [0.2, 0.25) is 0 Å². The van der Waals surface area contributed by atoms with E-state index < -0.39 is 16.1 Å². The Labute approximate surface area is 265 Å². The summed E-state index contributed by atoms with van der Waals surface area (Å²) in [5, 5.41) is 18.2. The van der Waals surface area contributed by atoms with Gasteiger partial charge in [-0.2, -0.15) is 0 Å². The van der Waals surface area contributed by atoms with Crippen LogP contribution in [0.4, 0.5) is 21.0 Å². The smallest absolute Gasteiger partial charge is 0.410 e. The maximum atomic E-state index is 12.0. The van der Waals surface area contributed by atoms with Gasteiger partial charge in [0.15, 0.2) is 0 Å². The van der Waals surface area contributed by atoms with E-state index in [1.165, 1.54) is 12.1 Å². The molecule has 13 heteroatoms. The van der Waals surface area contributed by atoms with Crippen LogP contribution in [-0.2, 0) is 9.47 Å². The number of carbonyl (C=O) groups excluding carboxylic acids is 2. The molecule has 2 fully saturated rings. The van der Waals surface area contributed by atoms with E-state index >= 15 is 0 Å². The molecule has 2 saturated heterocycles. The van der Waals surface area contributed by atoms with E-state index in [0.717, 1.165) is 12.2 Å². The van der Waals surface area contributed by atoms with Crippen LogP contribution in [-0.4, -0.2) is 88.2 Å². The SMILES string of the molecule is CC(C)(C)OC(=O)N1CCC(Oc2ccc(N)cc2)C1.CC(C)(C)OC(=O)N1CCC(Oc2ccc([N+](=O)[O-])cc2)C1.CCO. The zero-order valence-corrected chi connectivity index (χ0v) is 27.4. The monoisotopic (exact) mass is 632 g/mol. The number of nitrogen functional groups attached to an aromatic ring is 1. The Bertz CT molecular complexity index is 1230. The average Bonchev–Trinajstić information content (AvgIpc) is 3.60. The largest absolute Gasteiger partial charge is 0.489 e. The van der Waals surface area contributed by atoms with Crippen LogP contribution in [0.15, 0.2) is 48.5 Å². The molecule has 13 nitrogen and oxygen atoms in total. The van der Waals surface area contributed by atoms with Crippen LogP contribution in [0.25, 0.3) is 0 Å². The third-order valence-corrected chi connectivity index (χ3v) is 6.13. The van der Waals surface area contributed by atoms with Crippen LogP contribution < -0.4 is 15.2 Å². The minimum absolute atomic E-state index is 0.00569. The first kappa shape index (κ1) is 36.9. The lowest BCUT2D eigenvalue weighted by molar-refractivity contribution is -0.384. The van der Waals surface area contributed by atoms with Crippen LogP contribution in [0.2, 0.25) is 0 Å². The van der Waals surface area contributed by atoms with Crippen LogP contribution in [0.5, 0.6) is 11.5 Å². The summed E-state index contributed by atoms with van der Waals surface area (Å²) < 4.78 is 22.3. The second-order valence-electron chi connectivity index (χ2n) is 12.5. The van der Waals surface area contributed by atoms with E-state index in [0.29, 0.717) is 44.0 Å². The molecule has 2 aromatic rings. The summed E-state index contributed by atoms with van der Waals surface area (Å²) >= 11 is 0. The topological polar surface area (TPSA) is 167 Å². The van der Waals surface area contributed by atoms with Crippen molar-refractivity contribution in [3.63, 3.8) is 0 Å². The number of nitro groups is 1. The van der Waals surface area contributed by atoms with Crippen molar-refractivity contribution in [2.45, 2.75) is 84.7 Å². The molecule has 2 amide bonds. The third-order valence-electron chi connectivity index (χ3n) is 6.13. The predicted molar refractivity (Wildman–Crippen MR) is 170 cm³/mol. The van der Waals surface area contributed by atoms with Crippen molar-refractivity contribution in [1.29, 1.82) is 0 Å². The molecule has 2 aliphatic rings. The molecular weight excluding hydrogens is 584 g/mol. The molecule has 2 aliphatic heterocycles. The van der Waals surface area contributed by atoms with Gasteiger partial charge in [0.1, 0.15) is 34.9 Å². The minimum atomic E-state index is -0.519. The Morgan fingerprint density at radius 2 is 1.18 bits per heavy atom. The average molecular weight is 633 g/mol. The molecule has 0 spiro atoms. The number of non-ortho nitro benzene ring substituents is 1. The fraction of sp³-hybridized carbons (Fsp3) is 0.562. The molecule has 0 bridgehead atoms. The van der Waals surface area contributed by atoms with E-state index in [1.807, 2.05) is 53.7 Å². The van der Waals surface area contributed by atoms with Crippen molar-refractivity contribution in [3.8, 4) is 11.5 Å². The molecule has 0 saturated carbocycles. The van der Waals surface area contributed by atoms with E-state index in [9.17, 15) is 19.7 Å². The summed E-state index contributed by atoms with van der Waals surface area (Å²) in [6.45, 7) is 15.2. The van der Waals surface area contributed by atoms with E-state index in [2.05, 4.69) is 0 Å². The lowest BCUT2D eigenvalue weighted by Gasteiger charge is -2.24. The highest BCUT2D eigenvalue weighted by Crippen LogP contribution is 2.23. The number of benzene rings is 2. The standard InChI is InChI=1S/C15H20N2O5.C15H22N2O3.C2H6O/c1-15(2,3)22-14(18)16-9-8-13(10-16)21-12-6-4-11(5-7-12)17(19)20;1-15(2,3)20-14(18)17-9-8-13(10-17)19-12-6-4-11(16)5-7-12;1-2-3/h4-7,13H,8-10H2,1-3H3;4-7,13H,8-10,16H2,1-3H3;3H,2H2,1H3. The highest BCUT2D eigenvalue weighted by atomic mass is 16.6. The van der Waals surface area contributed by atoms with E-state index in [-0.39, 0.29) is 36.7 Å². The summed E-state index contributed by atoms with van der Waals surface area (Å²) in [4.78, 5) is 37.3. The number of amides is 2. The number of anilines is 1. The number of nitrogens with two attached hydrogens (primary N) is 1. The van der Waals surface area contributed by atoms with E-state index in [4.69, 9.17) is 29.8 Å². The Kier molecular flexibility index (Phi) is 13.7. The summed E-state index contributed by atoms with van der Waals surface area (Å²) in [6.07, 6.45) is 0.767. The zero-order chi connectivity index (χ0) is 33.8. The highest BCUT2D eigenvalue weighted by Gasteiger charge is 2.32. The normalized spacial score (nSPS) is 17.7. The number of aliphatic hydroxyl groups is 1. The Balaban J connectivity index is 0.000000289. The predicted octanol–water partition coefficient (Wildman–Crippen LogP) is 5.64. The number of ether oxygens (including phenoxy) is 4. The van der Waals surface area contributed by atoms with Crippen LogP contribution >= 0.6 is 0 Å². The number of carbonyl (C=O) groups is 2. The third kappa shape index (κ3) is 13.9. The molecule has 2 atom stereocenters. The molecule has 2 heterocycles. The van der Waals surface area contributed by atoms with Crippen LogP contribution in [0, 0.1) is 10.1 Å². The number of hydrogen-bond donors (Lipinski definition) is 2. The Hall–Kier alpha value is -4.26. The minimum Gasteiger partial charge on any atom is -0.489 e. The molecule has 0 aromatic heterocycles. The Morgan fingerprint density at radius 1 is 0.822 bits per heavy atom. The highest BCUT2D eigenvalue weighted by molar-refractivity contribution is 5.69. The fourth-order valence-electron chi connectivity index (χ4n) is 4.21. The Morgan fingerprint density at radius 3 is 1.51 bits per heavy atom. The van der Waals surface area contributed by atoms with Crippen molar-refractivity contribution >= 4 is 23.6 Å². The summed E-state index contributed by atoms with van der Waals surface area (Å²) in [5.74, 6) is 1.33. The number of hydrogen-bond acceptors (Lipinski definition) is 10. The number of nitro benzene ring substituents is 1. The second-order valence-corrected chi connectivity index (χ2v) is 12.5. The zero-order valence-electron chi connectivity index (χ0n) is 27.4. The fourth-order valence-corrected chi connectivity index (χ4v) is 4.21. The van der Waals surface area contributed by atoms with Crippen molar-refractivity contribution in [2.75, 3.05) is 38.5 Å².